The highest BCUT2D eigenvalue weighted by atomic mass is 19.3. The van der Waals surface area contributed by atoms with Crippen molar-refractivity contribution in [2.45, 2.75) is 18.9 Å². The normalized spacial score (nSPS) is 12.4. The minimum Gasteiger partial charge on any atom is -0.341 e. The third-order valence-corrected chi connectivity index (χ3v) is 3.95. The Morgan fingerprint density at radius 1 is 1.32 bits per heavy atom. The number of amides is 1. The third kappa shape index (κ3) is 3.55. The van der Waals surface area contributed by atoms with Gasteiger partial charge in [-0.3, -0.25) is 9.59 Å². The van der Waals surface area contributed by atoms with E-state index in [0.717, 1.165) is 18.2 Å². The van der Waals surface area contributed by atoms with Gasteiger partial charge in [0.05, 0.1) is 11.6 Å². The number of rotatable bonds is 4. The van der Waals surface area contributed by atoms with Crippen LogP contribution in [0, 0.1) is 17.1 Å². The zero-order valence-electron chi connectivity index (χ0n) is 14.3. The van der Waals surface area contributed by atoms with Crippen molar-refractivity contribution in [2.75, 3.05) is 0 Å². The van der Waals surface area contributed by atoms with Gasteiger partial charge in [-0.05, 0) is 37.3 Å². The molecule has 0 aliphatic carbocycles. The van der Waals surface area contributed by atoms with Crippen LogP contribution in [0.15, 0.2) is 41.3 Å². The van der Waals surface area contributed by atoms with Crippen LogP contribution in [-0.2, 0) is 10.7 Å². The Bertz CT molecular complexity index is 1170. The van der Waals surface area contributed by atoms with Gasteiger partial charge in [-0.15, -0.1) is 0 Å². The number of halogens is 3. The number of pyridine rings is 1. The van der Waals surface area contributed by atoms with Crippen LogP contribution in [0.5, 0.6) is 0 Å². The number of nitrogens with one attached hydrogen (secondary N) is 2. The van der Waals surface area contributed by atoms with E-state index in [4.69, 9.17) is 5.26 Å². The number of benzene rings is 1. The molecule has 28 heavy (non-hydrogen) atoms. The second-order valence-electron chi connectivity index (χ2n) is 5.93. The van der Waals surface area contributed by atoms with E-state index in [1.54, 1.807) is 6.07 Å². The molecule has 10 heteroatoms. The lowest BCUT2D eigenvalue weighted by Crippen LogP contribution is -2.42. The monoisotopic (exact) mass is 387 g/mol. The van der Waals surface area contributed by atoms with Gasteiger partial charge in [0.15, 0.2) is 5.82 Å². The summed E-state index contributed by atoms with van der Waals surface area (Å²) >= 11 is 0. The fraction of sp³-hybridized carbons (Fsp3) is 0.167. The average molecular weight is 387 g/mol. The van der Waals surface area contributed by atoms with Gasteiger partial charge in [-0.2, -0.15) is 14.0 Å². The van der Waals surface area contributed by atoms with E-state index in [0.29, 0.717) is 0 Å². The van der Waals surface area contributed by atoms with Crippen molar-refractivity contribution < 1.29 is 18.0 Å². The second-order valence-corrected chi connectivity index (χ2v) is 5.93. The Morgan fingerprint density at radius 3 is 2.79 bits per heavy atom. The van der Waals surface area contributed by atoms with E-state index < -0.39 is 34.8 Å². The zero-order chi connectivity index (χ0) is 20.5. The maximum atomic E-state index is 14.6. The number of alkyl halides is 2. The molecule has 0 unspecified atom stereocenters. The molecule has 1 amide bonds. The molecule has 0 saturated carbocycles. The molecule has 2 N–H and O–H groups in total. The van der Waals surface area contributed by atoms with Crippen LogP contribution < -0.4 is 10.9 Å². The number of nitriles is 1. The Morgan fingerprint density at radius 2 is 2.07 bits per heavy atom. The lowest BCUT2D eigenvalue weighted by Gasteiger charge is -2.19. The van der Waals surface area contributed by atoms with E-state index in [9.17, 15) is 22.8 Å². The minimum absolute atomic E-state index is 0.00543. The number of carbonyl (C=O) groups excluding carboxylic acids is 1. The summed E-state index contributed by atoms with van der Waals surface area (Å²) in [6.07, 6.45) is 1.25. The maximum Gasteiger partial charge on any atom is 0.355 e. The molecule has 2 aromatic heterocycles. The number of fused-ring (bicyclic) bond motifs is 1. The summed E-state index contributed by atoms with van der Waals surface area (Å²) in [5.41, 5.74) is -2.14. The van der Waals surface area contributed by atoms with Crippen LogP contribution in [0.1, 0.15) is 30.0 Å². The van der Waals surface area contributed by atoms with E-state index in [1.165, 1.54) is 25.3 Å². The van der Waals surface area contributed by atoms with Crippen molar-refractivity contribution in [1.82, 2.24) is 20.3 Å². The maximum absolute atomic E-state index is 14.6. The quantitative estimate of drug-likeness (QED) is 0.714. The third-order valence-electron chi connectivity index (χ3n) is 3.95. The highest BCUT2D eigenvalue weighted by Gasteiger charge is 2.44. The van der Waals surface area contributed by atoms with E-state index in [-0.39, 0.29) is 22.4 Å². The molecule has 2 heterocycles. The number of nitrogens with zero attached hydrogens (tertiary/aromatic N) is 3. The zero-order valence-corrected chi connectivity index (χ0v) is 14.3. The first-order valence-corrected chi connectivity index (χ1v) is 7.97. The molecule has 0 saturated heterocycles. The molecule has 7 nitrogen and oxygen atoms in total. The predicted molar refractivity (Wildman–Crippen MR) is 91.7 cm³/mol. The molecular formula is C18H12F3N5O2. The molecule has 0 fully saturated rings. The van der Waals surface area contributed by atoms with Gasteiger partial charge in [0.25, 0.3) is 11.5 Å². The number of hydrogen-bond acceptors (Lipinski definition) is 5. The van der Waals surface area contributed by atoms with Crippen molar-refractivity contribution in [2.24, 2.45) is 0 Å². The minimum atomic E-state index is -4.20. The standard InChI is InChI=1S/C18H12F3N5O2/c1-9(15-23-5-4-12(8-22)25-15)24-17(28)18(20,21)13-7-10-6-11(19)2-3-14(10)26-16(13)27/h2-7,9H,1H3,(H,24,28)(H,26,27)/t9-/m0/s1. The van der Waals surface area contributed by atoms with Gasteiger partial charge in [-0.1, -0.05) is 0 Å². The molecule has 1 atom stereocenters. The predicted octanol–water partition coefficient (Wildman–Crippen LogP) is 2.30. The van der Waals surface area contributed by atoms with Gasteiger partial charge in [0.1, 0.15) is 17.6 Å². The number of aromatic nitrogens is 3. The summed E-state index contributed by atoms with van der Waals surface area (Å²) in [6.45, 7) is 1.35. The van der Waals surface area contributed by atoms with Crippen molar-refractivity contribution in [3.63, 3.8) is 0 Å². The van der Waals surface area contributed by atoms with Crippen LogP contribution in [0.2, 0.25) is 0 Å². The first kappa shape index (κ1) is 19.0. The summed E-state index contributed by atoms with van der Waals surface area (Å²) in [5, 5.41) is 10.9. The van der Waals surface area contributed by atoms with Gasteiger partial charge in [0, 0.05) is 17.1 Å². The van der Waals surface area contributed by atoms with Gasteiger partial charge < -0.3 is 10.3 Å². The Hall–Kier alpha value is -3.74. The molecule has 142 valence electrons. The van der Waals surface area contributed by atoms with Crippen molar-refractivity contribution >= 4 is 16.8 Å². The van der Waals surface area contributed by atoms with Gasteiger partial charge in [-0.25, -0.2) is 14.4 Å². The first-order chi connectivity index (χ1) is 13.2. The molecule has 0 aliphatic rings. The van der Waals surface area contributed by atoms with Gasteiger partial charge >= 0.3 is 5.92 Å². The molecular weight excluding hydrogens is 375 g/mol. The Labute approximate surface area is 155 Å². The van der Waals surface area contributed by atoms with Crippen LogP contribution in [0.4, 0.5) is 13.2 Å². The lowest BCUT2D eigenvalue weighted by atomic mass is 10.1. The fourth-order valence-electron chi connectivity index (χ4n) is 2.53. The first-order valence-electron chi connectivity index (χ1n) is 7.97. The fourth-order valence-corrected chi connectivity index (χ4v) is 2.53. The van der Waals surface area contributed by atoms with Crippen molar-refractivity contribution in [3.05, 3.63) is 69.8 Å². The molecule has 3 rings (SSSR count). The number of aromatic amines is 1. The summed E-state index contributed by atoms with van der Waals surface area (Å²) in [6, 6.07) is 6.08. The molecule has 0 radical (unpaired) electrons. The van der Waals surface area contributed by atoms with Crippen molar-refractivity contribution in [1.29, 1.82) is 5.26 Å². The lowest BCUT2D eigenvalue weighted by molar-refractivity contribution is -0.148. The van der Waals surface area contributed by atoms with Gasteiger partial charge in [0.2, 0.25) is 0 Å². The number of hydrogen-bond donors (Lipinski definition) is 2. The SMILES string of the molecule is C[C@H](NC(=O)C(F)(F)c1cc2cc(F)ccc2[nH]c1=O)c1nccc(C#N)n1. The van der Waals surface area contributed by atoms with E-state index in [1.807, 2.05) is 5.32 Å². The Balaban J connectivity index is 1.92. The highest BCUT2D eigenvalue weighted by Crippen LogP contribution is 2.28. The smallest absolute Gasteiger partial charge is 0.341 e. The molecule has 0 aliphatic heterocycles. The average Bonchev–Trinajstić information content (AvgIpc) is 2.67. The second kappa shape index (κ2) is 7.11. The molecule has 0 bridgehead atoms. The number of H-pyrrole nitrogens is 1. The van der Waals surface area contributed by atoms with Crippen LogP contribution in [-0.4, -0.2) is 20.9 Å². The van der Waals surface area contributed by atoms with Crippen LogP contribution in [0.25, 0.3) is 10.9 Å². The molecule has 3 aromatic rings. The van der Waals surface area contributed by atoms with E-state index in [2.05, 4.69) is 15.0 Å². The van der Waals surface area contributed by atoms with Crippen LogP contribution >= 0.6 is 0 Å². The molecule has 1 aromatic carbocycles. The Kier molecular flexibility index (Phi) is 4.83. The summed E-state index contributed by atoms with van der Waals surface area (Å²) < 4.78 is 42.6. The number of carbonyl (C=O) groups is 1. The van der Waals surface area contributed by atoms with E-state index >= 15 is 0 Å². The summed E-state index contributed by atoms with van der Waals surface area (Å²) in [5.74, 6) is -6.68. The highest BCUT2D eigenvalue weighted by molar-refractivity contribution is 5.87. The topological polar surface area (TPSA) is 112 Å². The van der Waals surface area contributed by atoms with Crippen molar-refractivity contribution in [3.8, 4) is 6.07 Å². The van der Waals surface area contributed by atoms with Crippen LogP contribution in [0.3, 0.4) is 0 Å². The summed E-state index contributed by atoms with van der Waals surface area (Å²) in [4.78, 5) is 34.0. The largest absolute Gasteiger partial charge is 0.355 e. The molecule has 0 spiro atoms. The summed E-state index contributed by atoms with van der Waals surface area (Å²) in [7, 11) is 0.